The van der Waals surface area contributed by atoms with Crippen LogP contribution in [0.3, 0.4) is 0 Å². The van der Waals surface area contributed by atoms with Gasteiger partial charge in [0.1, 0.15) is 0 Å². The predicted octanol–water partition coefficient (Wildman–Crippen LogP) is 3.14. The van der Waals surface area contributed by atoms with Crippen molar-refractivity contribution in [1.29, 1.82) is 0 Å². The number of aromatic nitrogens is 1. The van der Waals surface area contributed by atoms with E-state index in [1.54, 1.807) is 0 Å². The molecule has 2 heterocycles. The van der Waals surface area contributed by atoms with Gasteiger partial charge in [0, 0.05) is 42.2 Å². The van der Waals surface area contributed by atoms with Gasteiger partial charge in [-0.3, -0.25) is 14.7 Å². The van der Waals surface area contributed by atoms with Gasteiger partial charge in [0.2, 0.25) is 0 Å². The number of pyridine rings is 1. The zero-order valence-electron chi connectivity index (χ0n) is 14.2. The molecule has 122 valence electrons. The molecule has 0 aliphatic carbocycles. The second-order valence-corrected chi connectivity index (χ2v) is 6.33. The third kappa shape index (κ3) is 3.08. The second-order valence-electron chi connectivity index (χ2n) is 6.33. The molecule has 1 amide bonds. The van der Waals surface area contributed by atoms with E-state index in [4.69, 9.17) is 4.98 Å². The summed E-state index contributed by atoms with van der Waals surface area (Å²) in [5.41, 5.74) is 3.94. The Labute approximate surface area is 137 Å². The number of hydrogen-bond donors (Lipinski definition) is 1. The first kappa shape index (κ1) is 15.9. The molecule has 1 aliphatic rings. The topological polar surface area (TPSA) is 45.2 Å². The van der Waals surface area contributed by atoms with E-state index in [0.29, 0.717) is 0 Å². The van der Waals surface area contributed by atoms with Crippen molar-refractivity contribution in [3.63, 3.8) is 0 Å². The molecule has 3 rings (SSSR count). The Balaban J connectivity index is 2.14. The average molecular weight is 311 g/mol. The van der Waals surface area contributed by atoms with E-state index < -0.39 is 0 Å². The summed E-state index contributed by atoms with van der Waals surface area (Å²) in [4.78, 5) is 20.1. The smallest absolute Gasteiger partial charge is 0.252 e. The Morgan fingerprint density at radius 2 is 2.13 bits per heavy atom. The molecule has 23 heavy (non-hydrogen) atoms. The Morgan fingerprint density at radius 1 is 1.35 bits per heavy atom. The Bertz CT molecular complexity index is 726. The summed E-state index contributed by atoms with van der Waals surface area (Å²) in [6, 6.07) is 8.16. The lowest BCUT2D eigenvalue weighted by atomic mass is 9.95. The lowest BCUT2D eigenvalue weighted by Gasteiger charge is -2.29. The van der Waals surface area contributed by atoms with E-state index in [-0.39, 0.29) is 11.9 Å². The van der Waals surface area contributed by atoms with E-state index >= 15 is 0 Å². The van der Waals surface area contributed by atoms with Gasteiger partial charge in [-0.05, 0) is 26.0 Å². The van der Waals surface area contributed by atoms with Crippen molar-refractivity contribution in [2.24, 2.45) is 0 Å². The van der Waals surface area contributed by atoms with Gasteiger partial charge in [-0.15, -0.1) is 0 Å². The normalized spacial score (nSPS) is 16.1. The first-order valence-corrected chi connectivity index (χ1v) is 8.57. The quantitative estimate of drug-likeness (QED) is 0.943. The Kier molecular flexibility index (Phi) is 4.62. The highest BCUT2D eigenvalue weighted by molar-refractivity contribution is 6.07. The van der Waals surface area contributed by atoms with Crippen LogP contribution in [0.15, 0.2) is 24.3 Å². The van der Waals surface area contributed by atoms with Gasteiger partial charge < -0.3 is 5.32 Å². The van der Waals surface area contributed by atoms with Crippen LogP contribution in [0.4, 0.5) is 0 Å². The van der Waals surface area contributed by atoms with Gasteiger partial charge in [0.15, 0.2) is 0 Å². The Morgan fingerprint density at radius 3 is 2.87 bits per heavy atom. The van der Waals surface area contributed by atoms with Crippen LogP contribution in [0.1, 0.15) is 48.8 Å². The number of para-hydroxylation sites is 1. The highest BCUT2D eigenvalue weighted by Gasteiger charge is 2.25. The zero-order valence-corrected chi connectivity index (χ0v) is 14.2. The van der Waals surface area contributed by atoms with Crippen molar-refractivity contribution in [2.45, 2.75) is 46.2 Å². The van der Waals surface area contributed by atoms with E-state index in [0.717, 1.165) is 60.2 Å². The molecule has 1 unspecified atom stereocenters. The summed E-state index contributed by atoms with van der Waals surface area (Å²) < 4.78 is 0. The van der Waals surface area contributed by atoms with E-state index in [1.165, 1.54) is 0 Å². The van der Waals surface area contributed by atoms with Gasteiger partial charge in [-0.1, -0.05) is 32.0 Å². The number of fused-ring (bicyclic) bond motifs is 2. The van der Waals surface area contributed by atoms with Crippen LogP contribution in [0.5, 0.6) is 0 Å². The van der Waals surface area contributed by atoms with Crippen LogP contribution in [0.25, 0.3) is 10.9 Å². The average Bonchev–Trinajstić information content (AvgIpc) is 2.58. The molecule has 2 aromatic rings. The van der Waals surface area contributed by atoms with Crippen LogP contribution >= 0.6 is 0 Å². The van der Waals surface area contributed by atoms with E-state index in [1.807, 2.05) is 31.2 Å². The minimum Gasteiger partial charge on any atom is -0.350 e. The first-order chi connectivity index (χ1) is 11.1. The van der Waals surface area contributed by atoms with Crippen molar-refractivity contribution in [3.8, 4) is 0 Å². The van der Waals surface area contributed by atoms with E-state index in [2.05, 4.69) is 24.1 Å². The summed E-state index contributed by atoms with van der Waals surface area (Å²) in [6.45, 7) is 9.13. The fourth-order valence-electron chi connectivity index (χ4n) is 3.17. The molecule has 0 spiro atoms. The number of amides is 1. The van der Waals surface area contributed by atoms with Gasteiger partial charge in [-0.2, -0.15) is 0 Å². The lowest BCUT2D eigenvalue weighted by molar-refractivity contribution is 0.0938. The van der Waals surface area contributed by atoms with Crippen molar-refractivity contribution in [2.75, 3.05) is 13.1 Å². The maximum atomic E-state index is 12.9. The first-order valence-electron chi connectivity index (χ1n) is 8.57. The number of rotatable bonds is 4. The number of nitrogens with one attached hydrogen (secondary N) is 1. The largest absolute Gasteiger partial charge is 0.350 e. The van der Waals surface area contributed by atoms with Crippen LogP contribution in [-0.4, -0.2) is 34.9 Å². The maximum absolute atomic E-state index is 12.9. The van der Waals surface area contributed by atoms with E-state index in [9.17, 15) is 4.79 Å². The number of nitrogens with zero attached hydrogens (tertiary/aromatic N) is 2. The van der Waals surface area contributed by atoms with Gasteiger partial charge in [0.05, 0.1) is 11.1 Å². The summed E-state index contributed by atoms with van der Waals surface area (Å²) in [5.74, 6) is 0.0344. The second kappa shape index (κ2) is 6.67. The van der Waals surface area contributed by atoms with Crippen molar-refractivity contribution >= 4 is 16.8 Å². The molecule has 1 aliphatic heterocycles. The molecule has 0 saturated carbocycles. The van der Waals surface area contributed by atoms with Crippen molar-refractivity contribution < 1.29 is 4.79 Å². The van der Waals surface area contributed by atoms with Crippen LogP contribution in [0, 0.1) is 0 Å². The minimum atomic E-state index is 0.0344. The van der Waals surface area contributed by atoms with Crippen molar-refractivity contribution in [1.82, 2.24) is 15.2 Å². The fraction of sp³-hybridized carbons (Fsp3) is 0.474. The van der Waals surface area contributed by atoms with Crippen LogP contribution in [0.2, 0.25) is 0 Å². The number of carbonyl (C=O) groups is 1. The third-order valence-corrected chi connectivity index (χ3v) is 4.79. The molecule has 4 nitrogen and oxygen atoms in total. The van der Waals surface area contributed by atoms with Crippen LogP contribution < -0.4 is 5.32 Å². The van der Waals surface area contributed by atoms with Gasteiger partial charge in [0.25, 0.3) is 5.91 Å². The van der Waals surface area contributed by atoms with Crippen molar-refractivity contribution in [3.05, 3.63) is 41.1 Å². The number of carbonyl (C=O) groups excluding carboxylic acids is 1. The molecule has 1 atom stereocenters. The summed E-state index contributed by atoms with van der Waals surface area (Å²) in [7, 11) is 0. The summed E-state index contributed by atoms with van der Waals surface area (Å²) in [6.07, 6.45) is 1.84. The van der Waals surface area contributed by atoms with Crippen LogP contribution in [-0.2, 0) is 13.0 Å². The summed E-state index contributed by atoms with van der Waals surface area (Å²) >= 11 is 0. The van der Waals surface area contributed by atoms with Gasteiger partial charge >= 0.3 is 0 Å². The summed E-state index contributed by atoms with van der Waals surface area (Å²) in [5, 5.41) is 4.10. The monoisotopic (exact) mass is 311 g/mol. The predicted molar refractivity (Wildman–Crippen MR) is 93.6 cm³/mol. The maximum Gasteiger partial charge on any atom is 0.252 e. The third-order valence-electron chi connectivity index (χ3n) is 4.79. The number of benzene rings is 1. The molecular formula is C19H25N3O. The van der Waals surface area contributed by atoms with Gasteiger partial charge in [-0.25, -0.2) is 0 Å². The molecule has 0 radical (unpaired) electrons. The standard InChI is InChI=1S/C19H25N3O/c1-4-13(3)20-19(23)18-14-8-6-7-9-16(14)21-17-10-11-22(5-2)12-15(17)18/h6-9,13H,4-5,10-12H2,1-3H3,(H,20,23). The molecule has 1 N–H and O–H groups in total. The molecule has 0 saturated heterocycles. The number of hydrogen-bond acceptors (Lipinski definition) is 3. The minimum absolute atomic E-state index is 0.0344. The Hall–Kier alpha value is -1.94. The number of likely N-dealkylation sites (N-methyl/N-ethyl adjacent to an activating group) is 1. The molecule has 4 heteroatoms. The fourth-order valence-corrected chi connectivity index (χ4v) is 3.17. The lowest BCUT2D eigenvalue weighted by Crippen LogP contribution is -2.36. The molecule has 0 bridgehead atoms. The highest BCUT2D eigenvalue weighted by Crippen LogP contribution is 2.28. The molecule has 1 aromatic heterocycles. The molecular weight excluding hydrogens is 286 g/mol. The highest BCUT2D eigenvalue weighted by atomic mass is 16.1. The SMILES string of the molecule is CCC(C)NC(=O)c1c2c(nc3ccccc13)CCN(CC)C2. The molecule has 1 aromatic carbocycles. The molecule has 0 fully saturated rings. The zero-order chi connectivity index (χ0) is 16.4.